The Bertz CT molecular complexity index is 3120. The van der Waals surface area contributed by atoms with Crippen LogP contribution in [0.4, 0.5) is 0 Å². The van der Waals surface area contributed by atoms with E-state index < -0.39 is 29.4 Å². The average Bonchev–Trinajstić information content (AvgIpc) is 0.884. The van der Waals surface area contributed by atoms with Gasteiger partial charge < -0.3 is 53.7 Å². The van der Waals surface area contributed by atoms with Crippen LogP contribution in [0.1, 0.15) is 209 Å². The lowest BCUT2D eigenvalue weighted by Gasteiger charge is -2.34. The molecule has 0 heterocycles. The molecule has 0 aliphatic carbocycles. The minimum atomic E-state index is -1.28. The number of unbranched alkanes of at least 4 members (excludes halogenated alkanes) is 24. The number of nitrogens with two attached hydrogens (primary N) is 1. The van der Waals surface area contributed by atoms with Crippen LogP contribution < -0.4 is 25.3 Å². The maximum absolute atomic E-state index is 12.9. The van der Waals surface area contributed by atoms with Crippen LogP contribution in [0.2, 0.25) is 0 Å². The van der Waals surface area contributed by atoms with Gasteiger partial charge in [-0.15, -0.1) is 0 Å². The summed E-state index contributed by atoms with van der Waals surface area (Å²) in [6, 6.07) is 53.3. The molecule has 3 N–H and O–H groups in total. The Kier molecular flexibility index (Phi) is 43.3. The number of ether oxygens (including phenoxy) is 9. The van der Waals surface area contributed by atoms with Gasteiger partial charge in [-0.1, -0.05) is 208 Å². The van der Waals surface area contributed by atoms with E-state index in [0.717, 1.165) is 205 Å². The van der Waals surface area contributed by atoms with Crippen LogP contribution in [-0.2, 0) is 47.6 Å². The zero-order chi connectivity index (χ0) is 74.3. The second-order valence-corrected chi connectivity index (χ2v) is 26.8. The molecule has 18 nitrogen and oxygen atoms in total. The number of nitriles is 3. The molecule has 6 aromatic carbocycles. The molecular weight excluding hydrogens is 1320 g/mol. The highest BCUT2D eigenvalue weighted by molar-refractivity contribution is 5.78. The first kappa shape index (κ1) is 84.8. The Hall–Kier alpha value is -9.09. The number of carbonyl (C=O) groups excluding carboxylic acids is 4. The molecule has 0 bridgehead atoms. The summed E-state index contributed by atoms with van der Waals surface area (Å²) in [6.07, 6.45) is 28.6. The number of benzene rings is 6. The topological polar surface area (TPSA) is 261 Å². The van der Waals surface area contributed by atoms with Gasteiger partial charge in [-0.25, -0.2) is 0 Å². The van der Waals surface area contributed by atoms with Crippen molar-refractivity contribution in [1.29, 1.82) is 15.8 Å². The summed E-state index contributed by atoms with van der Waals surface area (Å²) in [5.41, 5.74) is 12.9. The summed E-state index contributed by atoms with van der Waals surface area (Å²) >= 11 is 0. The predicted molar refractivity (Wildman–Crippen MR) is 410 cm³/mol. The first-order valence-corrected chi connectivity index (χ1v) is 38.5. The van der Waals surface area contributed by atoms with Crippen molar-refractivity contribution in [2.75, 3.05) is 85.8 Å². The van der Waals surface area contributed by atoms with Gasteiger partial charge in [0, 0.05) is 0 Å². The van der Waals surface area contributed by atoms with E-state index in [0.29, 0.717) is 56.3 Å². The lowest BCUT2D eigenvalue weighted by atomic mass is 10.0. The highest BCUT2D eigenvalue weighted by Crippen LogP contribution is 2.27. The third-order valence-corrected chi connectivity index (χ3v) is 18.1. The Balaban J connectivity index is 0.795. The van der Waals surface area contributed by atoms with E-state index in [2.05, 4.69) is 23.5 Å². The first-order chi connectivity index (χ1) is 51.6. The SMILES string of the molecule is N#Cc1ccc(-c2ccc(OCCCCCCCCCCCOC(=O)CCOCC(COCCC(=O)OCCCCCCCCCCCOc3ccc(-c4ccc(C#N)cc4)cc3)(COCCC(=O)OCCCCCCCCCCCOc3ccc(-c4ccc(C#N)cc4)cc3)NC(=O)CN)cc2)cc1. The number of rotatable bonds is 59. The van der Waals surface area contributed by atoms with Gasteiger partial charge in [0.25, 0.3) is 0 Å². The molecule has 18 heteroatoms. The molecule has 564 valence electrons. The minimum absolute atomic E-state index is 0.00503. The molecule has 0 spiro atoms. The predicted octanol–water partition coefficient (Wildman–Crippen LogP) is 18.0. The number of carbonyl (C=O) groups is 4. The van der Waals surface area contributed by atoms with Crippen molar-refractivity contribution in [3.8, 4) is 68.8 Å². The maximum atomic E-state index is 12.9. The van der Waals surface area contributed by atoms with Crippen molar-refractivity contribution in [2.45, 2.75) is 198 Å². The number of esters is 3. The molecule has 105 heavy (non-hydrogen) atoms. The summed E-state index contributed by atoms with van der Waals surface area (Å²) < 4.78 is 52.5. The summed E-state index contributed by atoms with van der Waals surface area (Å²) in [6.45, 7) is 2.36. The van der Waals surface area contributed by atoms with Gasteiger partial charge in [-0.05, 0) is 145 Å². The molecule has 0 aliphatic rings. The molecule has 0 unspecified atom stereocenters. The summed E-state index contributed by atoms with van der Waals surface area (Å²) in [7, 11) is 0. The second kappa shape index (κ2) is 53.6. The van der Waals surface area contributed by atoms with Gasteiger partial charge in [-0.2, -0.15) is 15.8 Å². The normalized spacial score (nSPS) is 11.1. The van der Waals surface area contributed by atoms with Gasteiger partial charge in [0.05, 0.1) is 140 Å². The van der Waals surface area contributed by atoms with Gasteiger partial charge in [0.1, 0.15) is 22.8 Å². The maximum Gasteiger partial charge on any atom is 0.308 e. The van der Waals surface area contributed by atoms with Gasteiger partial charge in [-0.3, -0.25) is 19.2 Å². The van der Waals surface area contributed by atoms with Crippen molar-refractivity contribution in [2.24, 2.45) is 5.73 Å². The van der Waals surface area contributed by atoms with E-state index >= 15 is 0 Å². The van der Waals surface area contributed by atoms with E-state index in [-0.39, 0.29) is 65.4 Å². The van der Waals surface area contributed by atoms with Gasteiger partial charge in [0.2, 0.25) is 5.91 Å². The van der Waals surface area contributed by atoms with Crippen molar-refractivity contribution < 1.29 is 61.8 Å². The third kappa shape index (κ3) is 37.4. The number of amides is 1. The molecule has 0 radical (unpaired) electrons. The Labute approximate surface area is 624 Å². The number of hydrogen-bond acceptors (Lipinski definition) is 17. The van der Waals surface area contributed by atoms with E-state index in [4.69, 9.17) is 64.2 Å². The molecular formula is C87H113N5O13. The molecule has 1 amide bonds. The van der Waals surface area contributed by atoms with Crippen LogP contribution in [0.25, 0.3) is 33.4 Å². The summed E-state index contributed by atoms with van der Waals surface area (Å²) in [5, 5.41) is 30.1. The van der Waals surface area contributed by atoms with Crippen molar-refractivity contribution in [1.82, 2.24) is 5.32 Å². The molecule has 0 saturated carbocycles. The van der Waals surface area contributed by atoms with Gasteiger partial charge in [0.15, 0.2) is 0 Å². The van der Waals surface area contributed by atoms with E-state index in [1.165, 1.54) is 19.3 Å². The van der Waals surface area contributed by atoms with Crippen LogP contribution in [0.5, 0.6) is 17.2 Å². The zero-order valence-corrected chi connectivity index (χ0v) is 62.0. The van der Waals surface area contributed by atoms with Crippen molar-refractivity contribution in [3.05, 3.63) is 162 Å². The molecule has 0 aromatic heterocycles. The minimum Gasteiger partial charge on any atom is -0.494 e. The average molecular weight is 1440 g/mol. The number of nitrogens with one attached hydrogen (secondary N) is 1. The Morgan fingerprint density at radius 1 is 0.295 bits per heavy atom. The van der Waals surface area contributed by atoms with E-state index in [1.54, 1.807) is 0 Å². The van der Waals surface area contributed by atoms with Crippen LogP contribution in [0.3, 0.4) is 0 Å². The molecule has 0 saturated heterocycles. The van der Waals surface area contributed by atoms with Crippen LogP contribution in [0.15, 0.2) is 146 Å². The third-order valence-electron chi connectivity index (χ3n) is 18.1. The van der Waals surface area contributed by atoms with E-state index in [9.17, 15) is 19.2 Å². The fourth-order valence-corrected chi connectivity index (χ4v) is 12.0. The fourth-order valence-electron chi connectivity index (χ4n) is 12.0. The molecule has 0 fully saturated rings. The van der Waals surface area contributed by atoms with Gasteiger partial charge >= 0.3 is 17.9 Å². The second-order valence-electron chi connectivity index (χ2n) is 26.8. The monoisotopic (exact) mass is 1440 g/mol. The lowest BCUT2D eigenvalue weighted by Crippen LogP contribution is -2.59. The van der Waals surface area contributed by atoms with E-state index in [1.807, 2.05) is 146 Å². The molecule has 6 rings (SSSR count). The highest BCUT2D eigenvalue weighted by atomic mass is 16.6. The van der Waals surface area contributed by atoms with Crippen LogP contribution in [-0.4, -0.2) is 115 Å². The van der Waals surface area contributed by atoms with Crippen LogP contribution >= 0.6 is 0 Å². The first-order valence-electron chi connectivity index (χ1n) is 38.5. The lowest BCUT2D eigenvalue weighted by molar-refractivity contribution is -0.146. The fraction of sp³-hybridized carbons (Fsp3) is 0.506. The number of nitrogens with zero attached hydrogens (tertiary/aromatic N) is 3. The van der Waals surface area contributed by atoms with Crippen LogP contribution in [0, 0.1) is 34.0 Å². The standard InChI is InChI=1S/C87H113N5O13/c88-64-71-28-34-74(35-29-71)77-40-46-80(47-41-77)100-55-22-16-10-4-1-7-13-19-25-58-103-84(94)52-61-97-68-87(92-83(93)67-91,69-98-62-53-85(95)104-59-26-20-14-8-2-5-11-17-23-56-101-81-48-42-78(43-49-81)75-36-30-72(65-89)31-37-75)70-99-63-54-86(96)105-60-27-21-15-9-3-6-12-18-24-57-102-82-50-44-79(45-51-82)76-38-32-73(66-90)33-39-76/h28-51H,1-27,52-63,67-70,91H2,(H,92,93). The highest BCUT2D eigenvalue weighted by Gasteiger charge is 2.34. The largest absolute Gasteiger partial charge is 0.494 e. The zero-order valence-electron chi connectivity index (χ0n) is 62.0. The quantitative estimate of drug-likeness (QED) is 0.0204. The Morgan fingerprint density at radius 2 is 0.505 bits per heavy atom. The smallest absolute Gasteiger partial charge is 0.308 e. The number of hydrogen-bond donors (Lipinski definition) is 2. The molecule has 6 aromatic rings. The van der Waals surface area contributed by atoms with Crippen molar-refractivity contribution in [3.63, 3.8) is 0 Å². The van der Waals surface area contributed by atoms with Crippen molar-refractivity contribution >= 4 is 23.8 Å². The summed E-state index contributed by atoms with van der Waals surface area (Å²) in [5.74, 6) is 0.899. The Morgan fingerprint density at radius 3 is 0.724 bits per heavy atom. The summed E-state index contributed by atoms with van der Waals surface area (Å²) in [4.78, 5) is 51.3. The molecule has 0 aliphatic heterocycles. The molecule has 0 atom stereocenters.